The first-order valence-electron chi connectivity index (χ1n) is 5.56. The van der Waals surface area contributed by atoms with Crippen LogP contribution in [0.25, 0.3) is 0 Å². The Kier molecular flexibility index (Phi) is 27.0. The Labute approximate surface area is 153 Å². The van der Waals surface area contributed by atoms with Crippen molar-refractivity contribution in [2.75, 3.05) is 0 Å². The standard InChI is InChI=1S/2C6H10O3.Ca.2H2O/c2*1-4(2)3-5(7)6(8)9;;;/h2*4H,3H2,1-2H3,(H,8,9);;2*1H2/q;;+2;;/p-2. The Balaban J connectivity index is -0.0000000711. The average molecular weight is 334 g/mol. The van der Waals surface area contributed by atoms with E-state index in [9.17, 15) is 29.4 Å². The van der Waals surface area contributed by atoms with E-state index in [4.69, 9.17) is 0 Å². The van der Waals surface area contributed by atoms with E-state index < -0.39 is 23.5 Å². The SMILES string of the molecule is CC(C)CC(=O)C(=O)[O-].CC(C)CC(=O)C(=O)[O-].O.O.[Ca+2]. The van der Waals surface area contributed by atoms with Crippen molar-refractivity contribution in [2.45, 2.75) is 40.5 Å². The summed E-state index contributed by atoms with van der Waals surface area (Å²) < 4.78 is 0. The van der Waals surface area contributed by atoms with Crippen LogP contribution in [-0.4, -0.2) is 72.2 Å². The molecule has 4 N–H and O–H groups in total. The molecule has 0 rings (SSSR count). The van der Waals surface area contributed by atoms with E-state index in [1.165, 1.54) is 0 Å². The molecule has 8 nitrogen and oxygen atoms in total. The third-order valence-electron chi connectivity index (χ3n) is 1.64. The van der Waals surface area contributed by atoms with E-state index in [1.807, 2.05) is 0 Å². The minimum Gasteiger partial charge on any atom is -0.542 e. The summed E-state index contributed by atoms with van der Waals surface area (Å²) in [6, 6.07) is 0. The van der Waals surface area contributed by atoms with E-state index in [0.29, 0.717) is 0 Å². The number of carboxylic acid groups (broad SMARTS) is 2. The van der Waals surface area contributed by atoms with Crippen LogP contribution in [0.2, 0.25) is 0 Å². The fourth-order valence-electron chi connectivity index (χ4n) is 0.908. The van der Waals surface area contributed by atoms with Gasteiger partial charge in [-0.2, -0.15) is 0 Å². The average Bonchev–Trinajstić information content (AvgIpc) is 2.16. The minimum absolute atomic E-state index is 0. The van der Waals surface area contributed by atoms with Crippen molar-refractivity contribution in [3.63, 3.8) is 0 Å². The van der Waals surface area contributed by atoms with Gasteiger partial charge in [0.1, 0.15) is 11.9 Å². The van der Waals surface area contributed by atoms with Crippen LogP contribution in [-0.2, 0) is 19.2 Å². The van der Waals surface area contributed by atoms with Crippen molar-refractivity contribution < 1.29 is 40.3 Å². The molecule has 0 heterocycles. The van der Waals surface area contributed by atoms with Gasteiger partial charge in [-0.1, -0.05) is 27.7 Å². The van der Waals surface area contributed by atoms with Crippen LogP contribution in [0, 0.1) is 11.8 Å². The van der Waals surface area contributed by atoms with Crippen LogP contribution in [0.1, 0.15) is 40.5 Å². The zero-order valence-electron chi connectivity index (χ0n) is 12.7. The summed E-state index contributed by atoms with van der Waals surface area (Å²) in [5.74, 6) is -4.60. The molecular formula is C12H22CaO8. The van der Waals surface area contributed by atoms with Gasteiger partial charge in [-0.15, -0.1) is 0 Å². The summed E-state index contributed by atoms with van der Waals surface area (Å²) in [6.07, 6.45) is 0.144. The molecular weight excluding hydrogens is 312 g/mol. The van der Waals surface area contributed by atoms with Crippen molar-refractivity contribution >= 4 is 61.2 Å². The topological polar surface area (TPSA) is 177 Å². The van der Waals surface area contributed by atoms with E-state index in [2.05, 4.69) is 0 Å². The van der Waals surface area contributed by atoms with Crippen LogP contribution < -0.4 is 10.2 Å². The molecule has 0 saturated carbocycles. The first-order chi connectivity index (χ1) is 8.07. The molecule has 0 aliphatic rings. The number of Topliss-reactive ketones (excluding diaryl/α,β-unsaturated/α-hetero) is 2. The molecule has 0 amide bonds. The molecule has 0 aliphatic heterocycles. The number of ketones is 2. The van der Waals surface area contributed by atoms with Crippen LogP contribution in [0.15, 0.2) is 0 Å². The molecule has 0 bridgehead atoms. The number of carboxylic acids is 2. The maximum atomic E-state index is 10.3. The first-order valence-corrected chi connectivity index (χ1v) is 5.56. The largest absolute Gasteiger partial charge is 2.00 e. The number of hydrogen-bond donors (Lipinski definition) is 0. The summed E-state index contributed by atoms with van der Waals surface area (Å²) >= 11 is 0. The molecule has 0 spiro atoms. The van der Waals surface area contributed by atoms with Gasteiger partial charge in [-0.3, -0.25) is 9.59 Å². The Hall–Kier alpha value is -0.540. The third kappa shape index (κ3) is 24.8. The van der Waals surface area contributed by atoms with Gasteiger partial charge in [0.25, 0.3) is 0 Å². The molecule has 0 aromatic carbocycles. The van der Waals surface area contributed by atoms with Crippen LogP contribution in [0.5, 0.6) is 0 Å². The van der Waals surface area contributed by atoms with Gasteiger partial charge in [-0.05, 0) is 11.8 Å². The molecule has 0 fully saturated rings. The fourth-order valence-corrected chi connectivity index (χ4v) is 0.908. The van der Waals surface area contributed by atoms with E-state index in [1.54, 1.807) is 27.7 Å². The zero-order valence-corrected chi connectivity index (χ0v) is 14.9. The molecule has 21 heavy (non-hydrogen) atoms. The summed E-state index contributed by atoms with van der Waals surface area (Å²) in [5.41, 5.74) is 0. The van der Waals surface area contributed by atoms with Gasteiger partial charge >= 0.3 is 37.7 Å². The Morgan fingerprint density at radius 2 is 0.905 bits per heavy atom. The van der Waals surface area contributed by atoms with E-state index in [0.717, 1.165) is 0 Å². The maximum Gasteiger partial charge on any atom is 2.00 e. The smallest absolute Gasteiger partial charge is 0.542 e. The quantitative estimate of drug-likeness (QED) is 0.362. The minimum atomic E-state index is -1.58. The molecule has 0 aromatic rings. The first kappa shape index (κ1) is 32.4. The van der Waals surface area contributed by atoms with Crippen LogP contribution in [0.4, 0.5) is 0 Å². The van der Waals surface area contributed by atoms with Crippen molar-refractivity contribution in [3.05, 3.63) is 0 Å². The fraction of sp³-hybridized carbons (Fsp3) is 0.667. The van der Waals surface area contributed by atoms with Crippen molar-refractivity contribution in [1.82, 2.24) is 0 Å². The van der Waals surface area contributed by atoms with Crippen LogP contribution in [0.3, 0.4) is 0 Å². The predicted octanol–water partition coefficient (Wildman–Crippen LogP) is -3.33. The molecule has 0 atom stereocenters. The van der Waals surface area contributed by atoms with Crippen molar-refractivity contribution in [3.8, 4) is 0 Å². The summed E-state index contributed by atoms with van der Waals surface area (Å²) in [4.78, 5) is 40.1. The van der Waals surface area contributed by atoms with Gasteiger partial charge in [0.2, 0.25) is 0 Å². The number of carbonyl (C=O) groups is 4. The summed E-state index contributed by atoms with van der Waals surface area (Å²) in [6.45, 7) is 7.11. The molecule has 0 saturated heterocycles. The van der Waals surface area contributed by atoms with E-state index >= 15 is 0 Å². The zero-order chi connectivity index (χ0) is 14.9. The predicted molar refractivity (Wildman–Crippen MR) is 71.9 cm³/mol. The Morgan fingerprint density at radius 1 is 0.714 bits per heavy atom. The van der Waals surface area contributed by atoms with E-state index in [-0.39, 0.29) is 73.4 Å². The van der Waals surface area contributed by atoms with Gasteiger partial charge < -0.3 is 30.8 Å². The second kappa shape index (κ2) is 17.5. The van der Waals surface area contributed by atoms with Gasteiger partial charge in [0, 0.05) is 12.8 Å². The Bertz CT molecular complexity index is 293. The second-order valence-electron chi connectivity index (χ2n) is 4.62. The van der Waals surface area contributed by atoms with Gasteiger partial charge in [0.15, 0.2) is 11.6 Å². The molecule has 0 aliphatic carbocycles. The molecule has 0 unspecified atom stereocenters. The van der Waals surface area contributed by atoms with Gasteiger partial charge in [-0.25, -0.2) is 0 Å². The molecule has 0 radical (unpaired) electrons. The number of hydrogen-bond acceptors (Lipinski definition) is 6. The van der Waals surface area contributed by atoms with Crippen molar-refractivity contribution in [2.24, 2.45) is 11.8 Å². The number of aliphatic carboxylic acids is 2. The maximum absolute atomic E-state index is 10.3. The number of rotatable bonds is 6. The van der Waals surface area contributed by atoms with Crippen molar-refractivity contribution in [1.29, 1.82) is 0 Å². The molecule has 0 aromatic heterocycles. The van der Waals surface area contributed by atoms with Gasteiger partial charge in [0.05, 0.1) is 0 Å². The summed E-state index contributed by atoms with van der Waals surface area (Å²) in [5, 5.41) is 19.5. The number of carbonyl (C=O) groups excluding carboxylic acids is 4. The summed E-state index contributed by atoms with van der Waals surface area (Å²) in [7, 11) is 0. The monoisotopic (exact) mass is 334 g/mol. The second-order valence-corrected chi connectivity index (χ2v) is 4.62. The van der Waals surface area contributed by atoms with Crippen LogP contribution >= 0.6 is 0 Å². The third-order valence-corrected chi connectivity index (χ3v) is 1.64. The normalized spacial score (nSPS) is 8.29. The molecule has 9 heteroatoms. The Morgan fingerprint density at radius 3 is 0.952 bits per heavy atom. The molecule has 120 valence electrons.